The molecular weight excluding hydrogens is 336 g/mol. The van der Waals surface area contributed by atoms with Crippen LogP contribution in [-0.4, -0.2) is 42.5 Å². The molecule has 0 radical (unpaired) electrons. The zero-order chi connectivity index (χ0) is 16.8. The maximum Gasteiger partial charge on any atom is 0.305 e. The average Bonchev–Trinajstić information content (AvgIpc) is 3.04. The van der Waals surface area contributed by atoms with Crippen LogP contribution in [0.2, 0.25) is 5.02 Å². The number of thiazole rings is 1. The number of rotatable bonds is 6. The summed E-state index contributed by atoms with van der Waals surface area (Å²) in [6.45, 7) is 0.474. The van der Waals surface area contributed by atoms with Gasteiger partial charge in [0.25, 0.3) is 5.91 Å². The Hall–Kier alpha value is -1.92. The van der Waals surface area contributed by atoms with Crippen molar-refractivity contribution in [1.82, 2.24) is 9.88 Å². The van der Waals surface area contributed by atoms with Gasteiger partial charge < -0.3 is 9.64 Å². The van der Waals surface area contributed by atoms with Gasteiger partial charge in [-0.3, -0.25) is 9.59 Å². The Balaban J connectivity index is 1.97. The summed E-state index contributed by atoms with van der Waals surface area (Å²) in [5.74, 6) is -0.434. The molecule has 0 atom stereocenters. The summed E-state index contributed by atoms with van der Waals surface area (Å²) in [5.41, 5.74) is 1.33. The summed E-state index contributed by atoms with van der Waals surface area (Å²) in [7, 11) is 3.05. The van der Waals surface area contributed by atoms with Crippen molar-refractivity contribution in [2.45, 2.75) is 12.8 Å². The number of carbonyl (C=O) groups excluding carboxylic acids is 2. The maximum atomic E-state index is 12.3. The normalized spacial score (nSPS) is 10.4. The van der Waals surface area contributed by atoms with Crippen molar-refractivity contribution in [3.63, 3.8) is 0 Å². The molecule has 5 nitrogen and oxygen atoms in total. The summed E-state index contributed by atoms with van der Waals surface area (Å²) in [5, 5.41) is 3.17. The fraction of sp³-hybridized carbons (Fsp3) is 0.312. The first-order valence-corrected chi connectivity index (χ1v) is 8.30. The van der Waals surface area contributed by atoms with Crippen molar-refractivity contribution >= 4 is 34.8 Å². The van der Waals surface area contributed by atoms with Gasteiger partial charge in [0.05, 0.1) is 7.11 Å². The van der Waals surface area contributed by atoms with E-state index in [1.165, 1.54) is 18.4 Å². The Morgan fingerprint density at radius 3 is 2.65 bits per heavy atom. The standard InChI is InChI=1S/C16H17ClN2O3S/c1-19(9-3-4-14(20)22-2)16(21)13-10-23-15(18-13)11-5-7-12(17)8-6-11/h5-8,10H,3-4,9H2,1-2H3. The lowest BCUT2D eigenvalue weighted by Crippen LogP contribution is -2.28. The Bertz CT molecular complexity index is 685. The largest absolute Gasteiger partial charge is 0.469 e. The Morgan fingerprint density at radius 2 is 2.00 bits per heavy atom. The molecule has 1 aromatic carbocycles. The van der Waals surface area contributed by atoms with Gasteiger partial charge in [-0.25, -0.2) is 4.98 Å². The third-order valence-corrected chi connectivity index (χ3v) is 4.41. The highest BCUT2D eigenvalue weighted by Gasteiger charge is 2.16. The minimum atomic E-state index is -0.274. The fourth-order valence-corrected chi connectivity index (χ4v) is 2.88. The second kappa shape index (κ2) is 8.08. The first-order valence-electron chi connectivity index (χ1n) is 7.05. The van der Waals surface area contributed by atoms with Gasteiger partial charge in [-0.05, 0) is 18.6 Å². The lowest BCUT2D eigenvalue weighted by atomic mass is 10.2. The Morgan fingerprint density at radius 1 is 1.30 bits per heavy atom. The van der Waals surface area contributed by atoms with Crippen LogP contribution in [0.5, 0.6) is 0 Å². The van der Waals surface area contributed by atoms with Crippen molar-refractivity contribution in [1.29, 1.82) is 0 Å². The molecule has 0 saturated heterocycles. The number of hydrogen-bond acceptors (Lipinski definition) is 5. The summed E-state index contributed by atoms with van der Waals surface area (Å²) >= 11 is 7.28. The molecule has 1 amide bonds. The van der Waals surface area contributed by atoms with Crippen molar-refractivity contribution < 1.29 is 14.3 Å². The summed E-state index contributed by atoms with van der Waals surface area (Å²) in [6, 6.07) is 7.32. The number of carbonyl (C=O) groups is 2. The second-order valence-corrected chi connectivity index (χ2v) is 6.25. The molecule has 0 N–H and O–H groups in total. The van der Waals surface area contributed by atoms with Gasteiger partial charge in [0.2, 0.25) is 0 Å². The highest BCUT2D eigenvalue weighted by atomic mass is 35.5. The highest BCUT2D eigenvalue weighted by Crippen LogP contribution is 2.25. The van der Waals surface area contributed by atoms with Gasteiger partial charge in [0, 0.05) is 36.0 Å². The molecule has 0 aliphatic carbocycles. The Labute approximate surface area is 143 Å². The Kier molecular flexibility index (Phi) is 6.12. The summed E-state index contributed by atoms with van der Waals surface area (Å²) in [4.78, 5) is 29.3. The van der Waals surface area contributed by atoms with Gasteiger partial charge in [0.15, 0.2) is 0 Å². The fourth-order valence-electron chi connectivity index (χ4n) is 1.96. The molecule has 1 heterocycles. The third-order valence-electron chi connectivity index (χ3n) is 3.26. The zero-order valence-electron chi connectivity index (χ0n) is 12.9. The zero-order valence-corrected chi connectivity index (χ0v) is 14.5. The number of ether oxygens (including phenoxy) is 1. The molecule has 0 aliphatic heterocycles. The number of benzene rings is 1. The van der Waals surface area contributed by atoms with Crippen molar-refractivity contribution in [2.75, 3.05) is 20.7 Å². The predicted octanol–water partition coefficient (Wildman–Crippen LogP) is 3.49. The van der Waals surface area contributed by atoms with E-state index in [1.54, 1.807) is 29.5 Å². The maximum absolute atomic E-state index is 12.3. The molecule has 0 aliphatic rings. The molecule has 0 saturated carbocycles. The van der Waals surface area contributed by atoms with E-state index < -0.39 is 0 Å². The van der Waals surface area contributed by atoms with Gasteiger partial charge in [-0.15, -0.1) is 11.3 Å². The van der Waals surface area contributed by atoms with E-state index in [0.29, 0.717) is 30.1 Å². The lowest BCUT2D eigenvalue weighted by molar-refractivity contribution is -0.140. The van der Waals surface area contributed by atoms with Gasteiger partial charge in [-0.2, -0.15) is 0 Å². The smallest absolute Gasteiger partial charge is 0.305 e. The molecule has 2 aromatic rings. The molecule has 1 aromatic heterocycles. The van der Waals surface area contributed by atoms with Crippen LogP contribution in [0.25, 0.3) is 10.6 Å². The number of methoxy groups -OCH3 is 1. The number of hydrogen-bond donors (Lipinski definition) is 0. The van der Waals surface area contributed by atoms with E-state index in [9.17, 15) is 9.59 Å². The molecule has 0 fully saturated rings. The first kappa shape index (κ1) is 17.4. The minimum absolute atomic E-state index is 0.161. The molecule has 122 valence electrons. The lowest BCUT2D eigenvalue weighted by Gasteiger charge is -2.15. The van der Waals surface area contributed by atoms with Crippen LogP contribution in [-0.2, 0) is 9.53 Å². The van der Waals surface area contributed by atoms with Gasteiger partial charge in [-0.1, -0.05) is 23.7 Å². The minimum Gasteiger partial charge on any atom is -0.469 e. The van der Waals surface area contributed by atoms with E-state index in [2.05, 4.69) is 9.72 Å². The molecule has 0 unspecified atom stereocenters. The molecular formula is C16H17ClN2O3S. The van der Waals surface area contributed by atoms with Crippen LogP contribution in [0.4, 0.5) is 0 Å². The SMILES string of the molecule is COC(=O)CCCN(C)C(=O)c1csc(-c2ccc(Cl)cc2)n1. The average molecular weight is 353 g/mol. The van der Waals surface area contributed by atoms with Gasteiger partial charge >= 0.3 is 5.97 Å². The third kappa shape index (κ3) is 4.77. The van der Waals surface area contributed by atoms with E-state index in [0.717, 1.165) is 10.6 Å². The van der Waals surface area contributed by atoms with Gasteiger partial charge in [0.1, 0.15) is 10.7 Å². The quantitative estimate of drug-likeness (QED) is 0.747. The van der Waals surface area contributed by atoms with Crippen LogP contribution in [0.1, 0.15) is 23.3 Å². The second-order valence-electron chi connectivity index (χ2n) is 4.95. The first-order chi connectivity index (χ1) is 11.0. The van der Waals surface area contributed by atoms with E-state index >= 15 is 0 Å². The molecule has 0 bridgehead atoms. The van der Waals surface area contributed by atoms with E-state index in [4.69, 9.17) is 11.6 Å². The van der Waals surface area contributed by atoms with Crippen molar-refractivity contribution in [2.24, 2.45) is 0 Å². The monoisotopic (exact) mass is 352 g/mol. The molecule has 23 heavy (non-hydrogen) atoms. The predicted molar refractivity (Wildman–Crippen MR) is 90.8 cm³/mol. The topological polar surface area (TPSA) is 59.5 Å². The number of esters is 1. The number of amides is 1. The van der Waals surface area contributed by atoms with Crippen LogP contribution < -0.4 is 0 Å². The van der Waals surface area contributed by atoms with Crippen LogP contribution in [0, 0.1) is 0 Å². The van der Waals surface area contributed by atoms with E-state index in [1.807, 2.05) is 12.1 Å². The highest BCUT2D eigenvalue weighted by molar-refractivity contribution is 7.13. The number of nitrogens with zero attached hydrogens (tertiary/aromatic N) is 2. The van der Waals surface area contributed by atoms with Crippen molar-refractivity contribution in [3.05, 3.63) is 40.4 Å². The summed E-state index contributed by atoms with van der Waals surface area (Å²) in [6.07, 6.45) is 0.851. The van der Waals surface area contributed by atoms with Crippen LogP contribution in [0.3, 0.4) is 0 Å². The van der Waals surface area contributed by atoms with Crippen LogP contribution in [0.15, 0.2) is 29.6 Å². The summed E-state index contributed by atoms with van der Waals surface area (Å²) < 4.78 is 4.58. The van der Waals surface area contributed by atoms with Crippen molar-refractivity contribution in [3.8, 4) is 10.6 Å². The number of aromatic nitrogens is 1. The van der Waals surface area contributed by atoms with E-state index in [-0.39, 0.29) is 11.9 Å². The molecule has 2 rings (SSSR count). The molecule has 0 spiro atoms. The van der Waals surface area contributed by atoms with Crippen LogP contribution >= 0.6 is 22.9 Å². The number of halogens is 1. The molecule has 7 heteroatoms.